The first-order valence-corrected chi connectivity index (χ1v) is 8.68. The molecule has 0 saturated carbocycles. The van der Waals surface area contributed by atoms with E-state index in [1.807, 2.05) is 60.7 Å². The van der Waals surface area contributed by atoms with Crippen molar-refractivity contribution in [3.05, 3.63) is 71.8 Å². The van der Waals surface area contributed by atoms with E-state index in [1.54, 1.807) is 20.8 Å². The van der Waals surface area contributed by atoms with Gasteiger partial charge in [0, 0.05) is 13.0 Å². The van der Waals surface area contributed by atoms with E-state index >= 15 is 0 Å². The van der Waals surface area contributed by atoms with Crippen LogP contribution in [0.1, 0.15) is 31.9 Å². The lowest BCUT2D eigenvalue weighted by Gasteiger charge is -2.23. The summed E-state index contributed by atoms with van der Waals surface area (Å²) in [6, 6.07) is 18.5. The normalized spacial score (nSPS) is 12.1. The van der Waals surface area contributed by atoms with Gasteiger partial charge in [0.15, 0.2) is 0 Å². The number of rotatable bonds is 6. The van der Waals surface area contributed by atoms with Crippen LogP contribution in [-0.4, -0.2) is 23.6 Å². The fraction of sp³-hybridized carbons (Fsp3) is 0.333. The Hall–Kier alpha value is -2.82. The second kappa shape index (κ2) is 9.04. The first kappa shape index (κ1) is 19.5. The lowest BCUT2D eigenvalue weighted by atomic mass is 10.1. The molecule has 2 rings (SSSR count). The number of carbonyl (C=O) groups is 2. The van der Waals surface area contributed by atoms with E-state index in [1.165, 1.54) is 0 Å². The molecule has 0 aliphatic rings. The molecule has 0 spiro atoms. The predicted molar refractivity (Wildman–Crippen MR) is 102 cm³/mol. The van der Waals surface area contributed by atoms with Gasteiger partial charge in [0.1, 0.15) is 11.6 Å². The molecule has 5 nitrogen and oxygen atoms in total. The Morgan fingerprint density at radius 2 is 1.46 bits per heavy atom. The van der Waals surface area contributed by atoms with Crippen molar-refractivity contribution in [2.75, 3.05) is 0 Å². The van der Waals surface area contributed by atoms with Crippen LogP contribution in [0.25, 0.3) is 0 Å². The van der Waals surface area contributed by atoms with Crippen molar-refractivity contribution < 1.29 is 14.3 Å². The first-order valence-electron chi connectivity index (χ1n) is 8.68. The van der Waals surface area contributed by atoms with E-state index in [4.69, 9.17) is 4.74 Å². The Morgan fingerprint density at radius 1 is 0.923 bits per heavy atom. The molecule has 0 aliphatic carbocycles. The summed E-state index contributed by atoms with van der Waals surface area (Å²) >= 11 is 0. The molecule has 0 bridgehead atoms. The fourth-order valence-electron chi connectivity index (χ4n) is 2.42. The number of hydrogen-bond donors (Lipinski definition) is 2. The Morgan fingerprint density at radius 3 is 2.00 bits per heavy atom. The van der Waals surface area contributed by atoms with Crippen molar-refractivity contribution >= 4 is 12.0 Å². The largest absolute Gasteiger partial charge is 0.444 e. The van der Waals surface area contributed by atoms with Crippen LogP contribution in [0.15, 0.2) is 60.7 Å². The average molecular weight is 354 g/mol. The van der Waals surface area contributed by atoms with E-state index < -0.39 is 17.7 Å². The van der Waals surface area contributed by atoms with E-state index in [-0.39, 0.29) is 5.91 Å². The van der Waals surface area contributed by atoms with Crippen LogP contribution >= 0.6 is 0 Å². The second-order valence-corrected chi connectivity index (χ2v) is 7.09. The molecular formula is C21H26N2O3. The standard InChI is InChI=1S/C21H26N2O3/c1-21(2,3)26-20(25)23-18(14-16-10-6-4-7-11-16)19(24)22-15-17-12-8-5-9-13-17/h4-13,18H,14-15H2,1-3H3,(H,22,24)(H,23,25)/t18-/m1/s1. The van der Waals surface area contributed by atoms with Crippen LogP contribution in [0.5, 0.6) is 0 Å². The van der Waals surface area contributed by atoms with Crippen LogP contribution in [0, 0.1) is 0 Å². The monoisotopic (exact) mass is 354 g/mol. The highest BCUT2D eigenvalue weighted by Crippen LogP contribution is 2.09. The van der Waals surface area contributed by atoms with Gasteiger partial charge in [-0.2, -0.15) is 0 Å². The molecule has 0 saturated heterocycles. The number of carbonyl (C=O) groups excluding carboxylic acids is 2. The van der Waals surface area contributed by atoms with Crippen molar-refractivity contribution in [3.63, 3.8) is 0 Å². The van der Waals surface area contributed by atoms with Crippen molar-refractivity contribution in [2.24, 2.45) is 0 Å². The zero-order valence-electron chi connectivity index (χ0n) is 15.5. The number of nitrogens with one attached hydrogen (secondary N) is 2. The van der Waals surface area contributed by atoms with Crippen LogP contribution in [-0.2, 0) is 22.5 Å². The molecule has 0 heterocycles. The number of alkyl carbamates (subject to hydrolysis) is 1. The quantitative estimate of drug-likeness (QED) is 0.835. The number of benzene rings is 2. The maximum absolute atomic E-state index is 12.6. The smallest absolute Gasteiger partial charge is 0.408 e. The number of amides is 2. The molecule has 0 aromatic heterocycles. The zero-order chi connectivity index (χ0) is 19.0. The van der Waals surface area contributed by atoms with Crippen molar-refractivity contribution in [1.82, 2.24) is 10.6 Å². The van der Waals surface area contributed by atoms with Crippen LogP contribution in [0.3, 0.4) is 0 Å². The van der Waals surface area contributed by atoms with Crippen LogP contribution < -0.4 is 10.6 Å². The third kappa shape index (κ3) is 6.97. The van der Waals surface area contributed by atoms with Gasteiger partial charge in [-0.3, -0.25) is 4.79 Å². The summed E-state index contributed by atoms with van der Waals surface area (Å²) in [5.74, 6) is -0.247. The molecule has 0 unspecified atom stereocenters. The average Bonchev–Trinajstić information content (AvgIpc) is 2.59. The fourth-order valence-corrected chi connectivity index (χ4v) is 2.42. The molecule has 2 aromatic rings. The maximum atomic E-state index is 12.6. The summed E-state index contributed by atoms with van der Waals surface area (Å²) in [5, 5.41) is 5.56. The summed E-state index contributed by atoms with van der Waals surface area (Å²) in [7, 11) is 0. The molecule has 26 heavy (non-hydrogen) atoms. The summed E-state index contributed by atoms with van der Waals surface area (Å²) in [4.78, 5) is 24.8. The first-order chi connectivity index (χ1) is 12.3. The predicted octanol–water partition coefficient (Wildman–Crippen LogP) is 3.44. The Bertz CT molecular complexity index is 709. The van der Waals surface area contributed by atoms with Crippen LogP contribution in [0.2, 0.25) is 0 Å². The minimum atomic E-state index is -0.712. The van der Waals surface area contributed by atoms with Gasteiger partial charge in [-0.25, -0.2) is 4.79 Å². The van der Waals surface area contributed by atoms with E-state index in [0.29, 0.717) is 13.0 Å². The molecule has 2 amide bonds. The Balaban J connectivity index is 2.03. The summed E-state index contributed by atoms with van der Waals surface area (Å²) < 4.78 is 5.29. The van der Waals surface area contributed by atoms with Gasteiger partial charge in [0.25, 0.3) is 0 Å². The second-order valence-electron chi connectivity index (χ2n) is 7.09. The van der Waals surface area contributed by atoms with E-state index in [0.717, 1.165) is 11.1 Å². The van der Waals surface area contributed by atoms with Gasteiger partial charge < -0.3 is 15.4 Å². The van der Waals surface area contributed by atoms with Crippen LogP contribution in [0.4, 0.5) is 4.79 Å². The van der Waals surface area contributed by atoms with Crippen molar-refractivity contribution in [1.29, 1.82) is 0 Å². The molecule has 138 valence electrons. The zero-order valence-corrected chi connectivity index (χ0v) is 15.5. The highest BCUT2D eigenvalue weighted by atomic mass is 16.6. The third-order valence-electron chi connectivity index (χ3n) is 3.60. The van der Waals surface area contributed by atoms with Crippen molar-refractivity contribution in [3.8, 4) is 0 Å². The molecule has 5 heteroatoms. The van der Waals surface area contributed by atoms with Gasteiger partial charge in [-0.15, -0.1) is 0 Å². The molecule has 0 radical (unpaired) electrons. The van der Waals surface area contributed by atoms with Gasteiger partial charge in [0.2, 0.25) is 5.91 Å². The summed E-state index contributed by atoms with van der Waals surface area (Å²) in [6.45, 7) is 5.76. The highest BCUT2D eigenvalue weighted by molar-refractivity contribution is 5.86. The highest BCUT2D eigenvalue weighted by Gasteiger charge is 2.24. The third-order valence-corrected chi connectivity index (χ3v) is 3.60. The Labute approximate surface area is 154 Å². The molecule has 1 atom stereocenters. The van der Waals surface area contributed by atoms with E-state index in [9.17, 15) is 9.59 Å². The maximum Gasteiger partial charge on any atom is 0.408 e. The summed E-state index contributed by atoms with van der Waals surface area (Å²) in [5.41, 5.74) is 1.34. The molecule has 2 aromatic carbocycles. The number of hydrogen-bond acceptors (Lipinski definition) is 3. The van der Waals surface area contributed by atoms with E-state index in [2.05, 4.69) is 10.6 Å². The minimum Gasteiger partial charge on any atom is -0.444 e. The van der Waals surface area contributed by atoms with Gasteiger partial charge >= 0.3 is 6.09 Å². The lowest BCUT2D eigenvalue weighted by molar-refractivity contribution is -0.123. The molecule has 0 aliphatic heterocycles. The minimum absolute atomic E-state index is 0.247. The van der Waals surface area contributed by atoms with Gasteiger partial charge in [-0.1, -0.05) is 60.7 Å². The SMILES string of the molecule is CC(C)(C)OC(=O)N[C@H](Cc1ccccc1)C(=O)NCc1ccccc1. The Kier molecular flexibility index (Phi) is 6.78. The molecular weight excluding hydrogens is 328 g/mol. The lowest BCUT2D eigenvalue weighted by Crippen LogP contribution is -2.49. The van der Waals surface area contributed by atoms with Gasteiger partial charge in [0.05, 0.1) is 0 Å². The number of ether oxygens (including phenoxy) is 1. The topological polar surface area (TPSA) is 67.4 Å². The molecule has 0 fully saturated rings. The van der Waals surface area contributed by atoms with Crippen molar-refractivity contribution in [2.45, 2.75) is 45.4 Å². The molecule has 2 N–H and O–H groups in total. The summed E-state index contributed by atoms with van der Waals surface area (Å²) in [6.07, 6.45) is -0.214. The van der Waals surface area contributed by atoms with Gasteiger partial charge in [-0.05, 0) is 31.9 Å².